The molecule has 2 fully saturated rings. The van der Waals surface area contributed by atoms with Gasteiger partial charge in [-0.05, 0) is 108 Å². The zero-order valence-electron chi connectivity index (χ0n) is 19.4. The molecular weight excluding hydrogens is 428 g/mol. The van der Waals surface area contributed by atoms with E-state index < -0.39 is 11.9 Å². The fourth-order valence-electron chi connectivity index (χ4n) is 5.35. The number of nitrogens with zero attached hydrogens (tertiary/aromatic N) is 2. The maximum atomic E-state index is 13.1. The van der Waals surface area contributed by atoms with Crippen LogP contribution in [0.3, 0.4) is 0 Å². The van der Waals surface area contributed by atoms with Gasteiger partial charge >= 0.3 is 11.9 Å². The van der Waals surface area contributed by atoms with Gasteiger partial charge in [0.2, 0.25) is 5.91 Å². The second-order valence-electron chi connectivity index (χ2n) is 10.3. The molecule has 7 nitrogen and oxygen atoms in total. The number of amides is 1. The molecule has 32 heavy (non-hydrogen) atoms. The van der Waals surface area contributed by atoms with E-state index in [2.05, 4.69) is 42.0 Å². The highest BCUT2D eigenvalue weighted by Gasteiger charge is 2.50. The van der Waals surface area contributed by atoms with Crippen molar-refractivity contribution < 1.29 is 24.6 Å². The molecule has 0 radical (unpaired) electrons. The van der Waals surface area contributed by atoms with Gasteiger partial charge < -0.3 is 20.0 Å². The first-order valence-corrected chi connectivity index (χ1v) is 12.5. The Morgan fingerprint density at radius 1 is 1.12 bits per heavy atom. The van der Waals surface area contributed by atoms with E-state index in [1.807, 2.05) is 11.3 Å². The number of carbonyl (C=O) groups is 3. The summed E-state index contributed by atoms with van der Waals surface area (Å²) >= 11 is 1.95. The van der Waals surface area contributed by atoms with Gasteiger partial charge in [-0.2, -0.15) is 0 Å². The molecule has 0 bridgehead atoms. The average Bonchev–Trinajstić information content (AvgIpc) is 3.33. The molecule has 1 aromatic rings. The van der Waals surface area contributed by atoms with Crippen LogP contribution in [0.1, 0.15) is 75.7 Å². The Labute approximate surface area is 194 Å². The van der Waals surface area contributed by atoms with Crippen molar-refractivity contribution in [2.24, 2.45) is 5.41 Å². The molecule has 4 rings (SSSR count). The number of hydrogen-bond acceptors (Lipinski definition) is 5. The first-order valence-electron chi connectivity index (χ1n) is 11.6. The maximum Gasteiger partial charge on any atom is 0.414 e. The molecule has 2 saturated heterocycles. The molecule has 0 saturated carbocycles. The zero-order valence-corrected chi connectivity index (χ0v) is 20.2. The highest BCUT2D eigenvalue weighted by molar-refractivity contribution is 7.10. The molecule has 1 amide bonds. The Morgan fingerprint density at radius 3 is 2.31 bits per heavy atom. The molecule has 3 heterocycles. The molecular formula is C24H36N2O5S. The summed E-state index contributed by atoms with van der Waals surface area (Å²) in [5.41, 5.74) is 1.56. The topological polar surface area (TPSA) is 98.2 Å². The summed E-state index contributed by atoms with van der Waals surface area (Å²) in [6.45, 7) is 10.9. The van der Waals surface area contributed by atoms with E-state index in [-0.39, 0.29) is 11.0 Å². The molecule has 2 aliphatic heterocycles. The van der Waals surface area contributed by atoms with Crippen molar-refractivity contribution >= 4 is 29.2 Å². The summed E-state index contributed by atoms with van der Waals surface area (Å²) in [7, 11) is 0. The third-order valence-corrected chi connectivity index (χ3v) is 8.29. The first kappa shape index (κ1) is 24.7. The van der Waals surface area contributed by atoms with Gasteiger partial charge in [-0.3, -0.25) is 4.79 Å². The highest BCUT2D eigenvalue weighted by Crippen LogP contribution is 2.44. The molecule has 3 aliphatic rings. The van der Waals surface area contributed by atoms with Crippen molar-refractivity contribution in [1.29, 1.82) is 0 Å². The molecule has 1 spiro atoms. The lowest BCUT2D eigenvalue weighted by atomic mass is 9.76. The maximum absolute atomic E-state index is 13.1. The number of hydrogen-bond donors (Lipinski definition) is 2. The first-order chi connectivity index (χ1) is 15.0. The second kappa shape index (κ2) is 9.91. The van der Waals surface area contributed by atoms with Crippen molar-refractivity contribution in [2.45, 2.75) is 77.2 Å². The normalized spacial score (nSPS) is 22.9. The molecule has 1 aliphatic carbocycles. The summed E-state index contributed by atoms with van der Waals surface area (Å²) in [6, 6.07) is 2.37. The summed E-state index contributed by atoms with van der Waals surface area (Å²) in [5, 5.41) is 17.1. The minimum Gasteiger partial charge on any atom is -0.473 e. The van der Waals surface area contributed by atoms with E-state index >= 15 is 0 Å². The van der Waals surface area contributed by atoms with Crippen LogP contribution in [-0.4, -0.2) is 69.6 Å². The zero-order chi connectivity index (χ0) is 23.5. The van der Waals surface area contributed by atoms with E-state index in [0.717, 1.165) is 44.8 Å². The number of carboxylic acid groups (broad SMARTS) is 2. The van der Waals surface area contributed by atoms with Crippen LogP contribution in [-0.2, 0) is 20.8 Å². The van der Waals surface area contributed by atoms with Gasteiger partial charge in [0.15, 0.2) is 0 Å². The Hall–Kier alpha value is -1.93. The number of rotatable bonds is 3. The predicted molar refractivity (Wildman–Crippen MR) is 124 cm³/mol. The number of aryl methyl sites for hydroxylation is 1. The van der Waals surface area contributed by atoms with E-state index in [4.69, 9.17) is 19.8 Å². The van der Waals surface area contributed by atoms with Crippen molar-refractivity contribution in [1.82, 2.24) is 9.80 Å². The van der Waals surface area contributed by atoms with E-state index in [1.165, 1.54) is 32.2 Å². The third-order valence-electron chi connectivity index (χ3n) is 7.29. The number of carbonyl (C=O) groups excluding carboxylic acids is 1. The van der Waals surface area contributed by atoms with Crippen LogP contribution < -0.4 is 0 Å². The van der Waals surface area contributed by atoms with Crippen LogP contribution in [0, 0.1) is 5.41 Å². The number of piperidine rings is 1. The number of carboxylic acids is 2. The fraction of sp³-hybridized carbons (Fsp3) is 0.708. The lowest BCUT2D eigenvalue weighted by molar-refractivity contribution is -0.159. The van der Waals surface area contributed by atoms with Gasteiger partial charge in [0.05, 0.1) is 5.41 Å². The fourth-order valence-corrected chi connectivity index (χ4v) is 6.36. The molecule has 1 unspecified atom stereocenters. The van der Waals surface area contributed by atoms with Gasteiger partial charge in [0, 0.05) is 17.0 Å². The smallest absolute Gasteiger partial charge is 0.414 e. The van der Waals surface area contributed by atoms with E-state index in [9.17, 15) is 4.79 Å². The third kappa shape index (κ3) is 5.52. The van der Waals surface area contributed by atoms with Gasteiger partial charge in [-0.25, -0.2) is 9.59 Å². The van der Waals surface area contributed by atoms with Gasteiger partial charge in [-0.1, -0.05) is 0 Å². The Morgan fingerprint density at radius 2 is 1.75 bits per heavy atom. The highest BCUT2D eigenvalue weighted by atomic mass is 32.1. The summed E-state index contributed by atoms with van der Waals surface area (Å²) in [4.78, 5) is 37.6. The summed E-state index contributed by atoms with van der Waals surface area (Å²) in [6.07, 6.45) is 8.50. The average molecular weight is 465 g/mol. The van der Waals surface area contributed by atoms with Crippen molar-refractivity contribution in [3.05, 3.63) is 21.9 Å². The van der Waals surface area contributed by atoms with Crippen LogP contribution >= 0.6 is 11.3 Å². The van der Waals surface area contributed by atoms with Gasteiger partial charge in [0.1, 0.15) is 0 Å². The number of aliphatic carboxylic acids is 2. The monoisotopic (exact) mass is 464 g/mol. The molecule has 1 aromatic heterocycles. The predicted octanol–water partition coefficient (Wildman–Crippen LogP) is 3.83. The number of thiophene rings is 1. The van der Waals surface area contributed by atoms with Crippen LogP contribution in [0.2, 0.25) is 0 Å². The number of likely N-dealkylation sites (tertiary alicyclic amines) is 2. The largest absolute Gasteiger partial charge is 0.473 e. The molecule has 8 heteroatoms. The molecule has 178 valence electrons. The standard InChI is InChI=1S/C22H34N2OS.C2H2O4/c1-21(2,3)24-15-11-22(20(24)25)9-13-23(14-10-22)12-7-17-5-4-6-19-18(17)8-16-26-19;3-1(4)2(5)6/h8,16-17H,4-7,9-15H2,1-3H3;(H,3,4)(H,5,6). The SMILES string of the molecule is CC(C)(C)N1CCC2(CCN(CCC3CCCc4sccc43)CC2)C1=O.O=C(O)C(=O)O. The Balaban J connectivity index is 0.000000427. The van der Waals surface area contributed by atoms with Crippen molar-refractivity contribution in [3.8, 4) is 0 Å². The van der Waals surface area contributed by atoms with E-state index in [0.29, 0.717) is 5.91 Å². The second-order valence-corrected chi connectivity index (χ2v) is 11.3. The van der Waals surface area contributed by atoms with Crippen LogP contribution in [0.4, 0.5) is 0 Å². The Kier molecular flexibility index (Phi) is 7.65. The molecule has 2 N–H and O–H groups in total. The van der Waals surface area contributed by atoms with Crippen molar-refractivity contribution in [2.75, 3.05) is 26.2 Å². The van der Waals surface area contributed by atoms with Gasteiger partial charge in [-0.15, -0.1) is 11.3 Å². The van der Waals surface area contributed by atoms with Crippen molar-refractivity contribution in [3.63, 3.8) is 0 Å². The van der Waals surface area contributed by atoms with Crippen LogP contribution in [0.15, 0.2) is 11.4 Å². The number of fused-ring (bicyclic) bond motifs is 1. The molecule has 0 aromatic carbocycles. The van der Waals surface area contributed by atoms with E-state index in [1.54, 1.807) is 10.4 Å². The van der Waals surface area contributed by atoms with Gasteiger partial charge in [0.25, 0.3) is 0 Å². The lowest BCUT2D eigenvalue weighted by Gasteiger charge is -2.40. The Bertz CT molecular complexity index is 824. The minimum atomic E-state index is -1.82. The summed E-state index contributed by atoms with van der Waals surface area (Å²) in [5.74, 6) is -2.45. The van der Waals surface area contributed by atoms with Crippen LogP contribution in [0.25, 0.3) is 0 Å². The quantitative estimate of drug-likeness (QED) is 0.660. The summed E-state index contributed by atoms with van der Waals surface area (Å²) < 4.78 is 0. The van der Waals surface area contributed by atoms with Crippen LogP contribution in [0.5, 0.6) is 0 Å². The molecule has 1 atom stereocenters. The minimum absolute atomic E-state index is 0.0308. The lowest BCUT2D eigenvalue weighted by Crippen LogP contribution is -2.49.